The van der Waals surface area contributed by atoms with Crippen molar-refractivity contribution in [3.63, 3.8) is 0 Å². The van der Waals surface area contributed by atoms with Crippen LogP contribution in [-0.4, -0.2) is 23.1 Å². The molecule has 6 heteroatoms. The minimum atomic E-state index is -0.333. The molecule has 4 rings (SSSR count). The second-order valence-corrected chi connectivity index (χ2v) is 9.19. The van der Waals surface area contributed by atoms with Gasteiger partial charge in [0.25, 0.3) is 0 Å². The molecule has 1 atom stereocenters. The molecular weight excluding hydrogens is 420 g/mol. The lowest BCUT2D eigenvalue weighted by molar-refractivity contribution is -0.123. The third-order valence-corrected chi connectivity index (χ3v) is 6.76. The van der Waals surface area contributed by atoms with Crippen LogP contribution in [0.2, 0.25) is 0 Å². The van der Waals surface area contributed by atoms with Crippen LogP contribution in [-0.2, 0) is 4.79 Å². The van der Waals surface area contributed by atoms with Crippen LogP contribution in [0.4, 0.5) is 14.5 Å². The van der Waals surface area contributed by atoms with Crippen LogP contribution >= 0.6 is 0 Å². The lowest BCUT2D eigenvalue weighted by atomic mass is 9.88. The maximum Gasteiger partial charge on any atom is 0.230 e. The van der Waals surface area contributed by atoms with E-state index in [0.717, 1.165) is 42.1 Å². The van der Waals surface area contributed by atoms with Crippen LogP contribution < -0.4 is 4.90 Å². The zero-order chi connectivity index (χ0) is 23.4. The Kier molecular flexibility index (Phi) is 7.21. The number of nitrogens with zero attached hydrogens (tertiary/aromatic N) is 1. The fraction of sp³-hybridized carbons (Fsp3) is 0.407. The van der Waals surface area contributed by atoms with Gasteiger partial charge in [0.1, 0.15) is 11.6 Å². The van der Waals surface area contributed by atoms with Crippen molar-refractivity contribution in [2.75, 3.05) is 11.4 Å². The number of benzene rings is 2. The third-order valence-electron chi connectivity index (χ3n) is 6.76. The molecule has 1 saturated carbocycles. The maximum atomic E-state index is 13.7. The molecule has 1 fully saturated rings. The van der Waals surface area contributed by atoms with E-state index in [1.54, 1.807) is 23.1 Å². The molecule has 0 bridgehead atoms. The minimum Gasteiger partial charge on any atom is -0.361 e. The molecule has 1 aromatic heterocycles. The summed E-state index contributed by atoms with van der Waals surface area (Å²) in [6.45, 7) is 2.43. The highest BCUT2D eigenvalue weighted by atomic mass is 19.1. The largest absolute Gasteiger partial charge is 0.361 e. The van der Waals surface area contributed by atoms with Crippen molar-refractivity contribution in [1.29, 1.82) is 5.41 Å². The number of halogens is 2. The molecule has 2 aromatic carbocycles. The van der Waals surface area contributed by atoms with E-state index in [0.29, 0.717) is 30.8 Å². The Hall–Kier alpha value is -3.02. The number of anilines is 1. The highest BCUT2D eigenvalue weighted by Crippen LogP contribution is 2.30. The normalized spacial score (nSPS) is 15.5. The summed E-state index contributed by atoms with van der Waals surface area (Å²) in [6, 6.07) is 10.7. The van der Waals surface area contributed by atoms with Gasteiger partial charge in [-0.15, -0.1) is 0 Å². The topological polar surface area (TPSA) is 60.0 Å². The molecule has 1 aliphatic rings. The van der Waals surface area contributed by atoms with E-state index in [4.69, 9.17) is 5.41 Å². The number of amides is 1. The molecule has 33 heavy (non-hydrogen) atoms. The van der Waals surface area contributed by atoms with Crippen LogP contribution in [0.5, 0.6) is 0 Å². The molecule has 4 nitrogen and oxygen atoms in total. The lowest BCUT2D eigenvalue weighted by Gasteiger charge is -2.29. The summed E-state index contributed by atoms with van der Waals surface area (Å²) < 4.78 is 27.2. The molecule has 0 radical (unpaired) electrons. The highest BCUT2D eigenvalue weighted by Gasteiger charge is 2.27. The second kappa shape index (κ2) is 10.3. The number of aromatic nitrogens is 1. The fourth-order valence-corrected chi connectivity index (χ4v) is 4.91. The smallest absolute Gasteiger partial charge is 0.230 e. The molecule has 2 N–H and O–H groups in total. The summed E-state index contributed by atoms with van der Waals surface area (Å²) in [6.07, 6.45) is 7.93. The first-order chi connectivity index (χ1) is 15.9. The Morgan fingerprint density at radius 3 is 2.52 bits per heavy atom. The minimum absolute atomic E-state index is 0.00183. The summed E-state index contributed by atoms with van der Waals surface area (Å²) in [4.78, 5) is 18.2. The van der Waals surface area contributed by atoms with Crippen LogP contribution in [0.15, 0.2) is 48.7 Å². The number of hydrogen-bond donors (Lipinski definition) is 2. The van der Waals surface area contributed by atoms with Gasteiger partial charge in [0.2, 0.25) is 5.91 Å². The first-order valence-electron chi connectivity index (χ1n) is 11.8. The van der Waals surface area contributed by atoms with E-state index < -0.39 is 0 Å². The molecule has 1 unspecified atom stereocenters. The van der Waals surface area contributed by atoms with Gasteiger partial charge in [-0.3, -0.25) is 4.79 Å². The van der Waals surface area contributed by atoms with Gasteiger partial charge in [-0.05, 0) is 73.2 Å². The predicted molar refractivity (Wildman–Crippen MR) is 129 cm³/mol. The van der Waals surface area contributed by atoms with Crippen molar-refractivity contribution in [1.82, 2.24) is 4.98 Å². The van der Waals surface area contributed by atoms with Gasteiger partial charge in [0.15, 0.2) is 0 Å². The van der Waals surface area contributed by atoms with Gasteiger partial charge in [0, 0.05) is 47.4 Å². The Morgan fingerprint density at radius 1 is 1.09 bits per heavy atom. The Bertz CT molecular complexity index is 1120. The number of carbonyl (C=O) groups is 1. The zero-order valence-electron chi connectivity index (χ0n) is 19.0. The van der Waals surface area contributed by atoms with Crippen LogP contribution in [0.25, 0.3) is 10.9 Å². The van der Waals surface area contributed by atoms with Crippen molar-refractivity contribution < 1.29 is 13.6 Å². The van der Waals surface area contributed by atoms with Crippen LogP contribution in [0.1, 0.15) is 63.4 Å². The summed E-state index contributed by atoms with van der Waals surface area (Å²) in [5, 5.41) is 9.41. The van der Waals surface area contributed by atoms with Gasteiger partial charge >= 0.3 is 0 Å². The number of rotatable bonds is 8. The average Bonchev–Trinajstić information content (AvgIpc) is 3.24. The molecule has 0 aliphatic heterocycles. The van der Waals surface area contributed by atoms with Gasteiger partial charge in [-0.2, -0.15) is 0 Å². The molecular formula is C27H31F2N3O. The fourth-order valence-electron chi connectivity index (χ4n) is 4.91. The van der Waals surface area contributed by atoms with E-state index in [-0.39, 0.29) is 29.4 Å². The number of fused-ring (bicyclic) bond motifs is 1. The van der Waals surface area contributed by atoms with Gasteiger partial charge in [0.05, 0.1) is 0 Å². The Morgan fingerprint density at radius 2 is 1.79 bits per heavy atom. The van der Waals surface area contributed by atoms with Crippen molar-refractivity contribution in [3.8, 4) is 0 Å². The number of aromatic amines is 1. The molecule has 3 aromatic rings. The van der Waals surface area contributed by atoms with Crippen molar-refractivity contribution in [2.45, 2.75) is 57.8 Å². The van der Waals surface area contributed by atoms with Crippen LogP contribution in [0, 0.1) is 23.0 Å². The molecule has 1 aliphatic carbocycles. The SMILES string of the molecule is CC(CC(=N)CCN(C(=O)C1CCCCC1)c1ccc(F)cc1)c1c[nH]c2ccc(F)cc12. The zero-order valence-corrected chi connectivity index (χ0v) is 19.0. The first kappa shape index (κ1) is 23.1. The van der Waals surface area contributed by atoms with E-state index in [9.17, 15) is 13.6 Å². The molecule has 1 heterocycles. The number of H-pyrrole nitrogens is 1. The van der Waals surface area contributed by atoms with E-state index in [1.807, 2.05) is 13.1 Å². The van der Waals surface area contributed by atoms with E-state index in [2.05, 4.69) is 4.98 Å². The number of hydrogen-bond acceptors (Lipinski definition) is 2. The third kappa shape index (κ3) is 5.49. The van der Waals surface area contributed by atoms with Gasteiger partial charge in [-0.25, -0.2) is 8.78 Å². The van der Waals surface area contributed by atoms with Crippen molar-refractivity contribution in [3.05, 3.63) is 65.9 Å². The highest BCUT2D eigenvalue weighted by molar-refractivity contribution is 5.96. The van der Waals surface area contributed by atoms with Crippen molar-refractivity contribution >= 4 is 28.2 Å². The standard InChI is InChI=1S/C27H31F2N3O/c1-18(25-17-31-26-12-9-21(29)16-24(25)26)15-22(30)13-14-32(23-10-7-20(28)8-11-23)27(33)19-5-3-2-4-6-19/h7-12,16-19,30-31H,2-6,13-15H2,1H3. The molecule has 0 saturated heterocycles. The maximum absolute atomic E-state index is 13.7. The molecule has 174 valence electrons. The summed E-state index contributed by atoms with van der Waals surface area (Å²) in [5.74, 6) is -0.490. The first-order valence-corrected chi connectivity index (χ1v) is 11.8. The van der Waals surface area contributed by atoms with E-state index >= 15 is 0 Å². The summed E-state index contributed by atoms with van der Waals surface area (Å²) >= 11 is 0. The average molecular weight is 452 g/mol. The van der Waals surface area contributed by atoms with E-state index in [1.165, 1.54) is 30.7 Å². The quantitative estimate of drug-likeness (QED) is 0.357. The molecule has 0 spiro atoms. The summed E-state index contributed by atoms with van der Waals surface area (Å²) in [7, 11) is 0. The predicted octanol–water partition coefficient (Wildman–Crippen LogP) is 6.96. The Labute approximate surface area is 193 Å². The number of carbonyl (C=O) groups excluding carboxylic acids is 1. The second-order valence-electron chi connectivity index (χ2n) is 9.19. The number of nitrogens with one attached hydrogen (secondary N) is 2. The lowest BCUT2D eigenvalue weighted by Crippen LogP contribution is -2.38. The Balaban J connectivity index is 1.43. The van der Waals surface area contributed by atoms with Gasteiger partial charge < -0.3 is 15.3 Å². The van der Waals surface area contributed by atoms with Gasteiger partial charge in [-0.1, -0.05) is 26.2 Å². The summed E-state index contributed by atoms with van der Waals surface area (Å²) in [5.41, 5.74) is 3.09. The van der Waals surface area contributed by atoms with Crippen molar-refractivity contribution in [2.24, 2.45) is 5.92 Å². The molecule has 1 amide bonds. The monoisotopic (exact) mass is 451 g/mol. The van der Waals surface area contributed by atoms with Crippen LogP contribution in [0.3, 0.4) is 0 Å².